The molecule has 1 aromatic carbocycles. The maximum Gasteiger partial charge on any atom is 0.347 e. The summed E-state index contributed by atoms with van der Waals surface area (Å²) in [5.41, 5.74) is 0.987. The lowest BCUT2D eigenvalue weighted by atomic mass is 10.1. The average molecular weight is 307 g/mol. The van der Waals surface area contributed by atoms with E-state index < -0.39 is 5.69 Å². The fraction of sp³-hybridized carbons (Fsp3) is 0.154. The second-order valence-electron chi connectivity index (χ2n) is 3.94. The van der Waals surface area contributed by atoms with Gasteiger partial charge < -0.3 is 0 Å². The number of carbonyl (C=O) groups excluding carboxylic acids is 1. The molecule has 0 bridgehead atoms. The molecule has 0 saturated heterocycles. The summed E-state index contributed by atoms with van der Waals surface area (Å²) in [5, 5.41) is 0. The summed E-state index contributed by atoms with van der Waals surface area (Å²) in [4.78, 5) is 27.3. The molecule has 2 aromatic rings. The third kappa shape index (κ3) is 2.73. The second-order valence-corrected chi connectivity index (χ2v) is 4.80. The Morgan fingerprint density at radius 2 is 2.11 bits per heavy atom. The Bertz CT molecular complexity index is 649. The number of benzene rings is 1. The van der Waals surface area contributed by atoms with Crippen molar-refractivity contribution < 1.29 is 4.79 Å². The fourth-order valence-corrected chi connectivity index (χ4v) is 2.11. The van der Waals surface area contributed by atoms with Gasteiger partial charge in [-0.2, -0.15) is 0 Å². The molecule has 1 heterocycles. The van der Waals surface area contributed by atoms with E-state index in [9.17, 15) is 9.59 Å². The van der Waals surface area contributed by atoms with Crippen LogP contribution in [0.4, 0.5) is 0 Å². The lowest BCUT2D eigenvalue weighted by Crippen LogP contribution is -2.26. The van der Waals surface area contributed by atoms with Crippen LogP contribution in [0.15, 0.2) is 45.9 Å². The van der Waals surface area contributed by atoms with Gasteiger partial charge in [-0.05, 0) is 18.6 Å². The van der Waals surface area contributed by atoms with E-state index in [4.69, 9.17) is 0 Å². The molecule has 92 valence electrons. The number of halogens is 1. The Kier molecular flexibility index (Phi) is 3.72. The second kappa shape index (κ2) is 5.27. The van der Waals surface area contributed by atoms with Gasteiger partial charge in [0.15, 0.2) is 5.78 Å². The van der Waals surface area contributed by atoms with E-state index in [0.717, 1.165) is 10.0 Å². The molecule has 0 aliphatic carbocycles. The first-order chi connectivity index (χ1) is 8.58. The minimum absolute atomic E-state index is 0.00384. The minimum atomic E-state index is -0.416. The number of aryl methyl sites for hydroxylation is 1. The third-order valence-electron chi connectivity index (χ3n) is 2.47. The van der Waals surface area contributed by atoms with Crippen LogP contribution in [-0.4, -0.2) is 15.3 Å². The lowest BCUT2D eigenvalue weighted by Gasteiger charge is -2.06. The van der Waals surface area contributed by atoms with Gasteiger partial charge in [-0.15, -0.1) is 0 Å². The first kappa shape index (κ1) is 12.7. The highest BCUT2D eigenvalue weighted by molar-refractivity contribution is 9.10. The van der Waals surface area contributed by atoms with E-state index in [1.807, 2.05) is 13.0 Å². The zero-order valence-electron chi connectivity index (χ0n) is 9.76. The first-order valence-corrected chi connectivity index (χ1v) is 6.18. The molecule has 0 N–H and O–H groups in total. The normalized spacial score (nSPS) is 10.3. The Morgan fingerprint density at radius 1 is 1.39 bits per heavy atom. The van der Waals surface area contributed by atoms with Crippen LogP contribution >= 0.6 is 15.9 Å². The van der Waals surface area contributed by atoms with Crippen LogP contribution in [0.25, 0.3) is 0 Å². The molecule has 4 nitrogen and oxygen atoms in total. The number of ketones is 1. The van der Waals surface area contributed by atoms with Crippen molar-refractivity contribution in [2.75, 3.05) is 0 Å². The Balaban J connectivity index is 2.30. The molecule has 0 saturated carbocycles. The van der Waals surface area contributed by atoms with Crippen molar-refractivity contribution in [3.05, 3.63) is 62.7 Å². The molecule has 5 heteroatoms. The molecule has 2 rings (SSSR count). The third-order valence-corrected chi connectivity index (χ3v) is 3.16. The van der Waals surface area contributed by atoms with E-state index in [1.165, 1.54) is 10.8 Å². The van der Waals surface area contributed by atoms with Crippen LogP contribution in [0.1, 0.15) is 15.9 Å². The van der Waals surface area contributed by atoms with Crippen molar-refractivity contribution in [2.24, 2.45) is 0 Å². The fourth-order valence-electron chi connectivity index (χ4n) is 1.61. The molecule has 18 heavy (non-hydrogen) atoms. The van der Waals surface area contributed by atoms with Crippen molar-refractivity contribution >= 4 is 21.7 Å². The number of aromatic nitrogens is 2. The van der Waals surface area contributed by atoms with E-state index in [0.29, 0.717) is 5.56 Å². The van der Waals surface area contributed by atoms with Gasteiger partial charge in [-0.1, -0.05) is 34.1 Å². The Hall–Kier alpha value is -1.75. The molecule has 0 aliphatic rings. The maximum absolute atomic E-state index is 12.1. The molecule has 0 spiro atoms. The molecule has 0 unspecified atom stereocenters. The SMILES string of the molecule is Cc1cnc(=O)n(CC(=O)c2ccccc2Br)c1. The highest BCUT2D eigenvalue weighted by Crippen LogP contribution is 2.16. The number of hydrogen-bond acceptors (Lipinski definition) is 3. The van der Waals surface area contributed by atoms with Gasteiger partial charge in [0, 0.05) is 22.4 Å². The Labute approximate surface area is 112 Å². The van der Waals surface area contributed by atoms with Gasteiger partial charge in [0.05, 0.1) is 6.54 Å². The van der Waals surface area contributed by atoms with Gasteiger partial charge >= 0.3 is 5.69 Å². The van der Waals surface area contributed by atoms with Crippen LogP contribution in [0, 0.1) is 6.92 Å². The predicted octanol–water partition coefficient (Wildman–Crippen LogP) is 2.20. The van der Waals surface area contributed by atoms with Crippen LogP contribution < -0.4 is 5.69 Å². The molecule has 0 fully saturated rings. The maximum atomic E-state index is 12.1. The van der Waals surface area contributed by atoms with Crippen molar-refractivity contribution in [1.82, 2.24) is 9.55 Å². The predicted molar refractivity (Wildman–Crippen MR) is 71.7 cm³/mol. The summed E-state index contributed by atoms with van der Waals surface area (Å²) in [5.74, 6) is -0.128. The number of rotatable bonds is 3. The quantitative estimate of drug-likeness (QED) is 0.817. The van der Waals surface area contributed by atoms with Crippen molar-refractivity contribution in [3.8, 4) is 0 Å². The summed E-state index contributed by atoms with van der Waals surface area (Å²) >= 11 is 3.32. The van der Waals surface area contributed by atoms with Gasteiger partial charge in [-0.3, -0.25) is 9.36 Å². The number of carbonyl (C=O) groups is 1. The van der Waals surface area contributed by atoms with Crippen molar-refractivity contribution in [2.45, 2.75) is 13.5 Å². The number of hydrogen-bond donors (Lipinski definition) is 0. The average Bonchev–Trinajstić information content (AvgIpc) is 2.34. The molecule has 0 amide bonds. The molecular formula is C13H11BrN2O2. The smallest absolute Gasteiger partial charge is 0.292 e. The Morgan fingerprint density at radius 3 is 2.83 bits per heavy atom. The van der Waals surface area contributed by atoms with Crippen LogP contribution in [0.5, 0.6) is 0 Å². The number of nitrogens with zero attached hydrogens (tertiary/aromatic N) is 2. The van der Waals surface area contributed by atoms with E-state index >= 15 is 0 Å². The summed E-state index contributed by atoms with van der Waals surface area (Å²) in [6, 6.07) is 7.14. The monoisotopic (exact) mass is 306 g/mol. The summed E-state index contributed by atoms with van der Waals surface area (Å²) in [6.45, 7) is 1.82. The van der Waals surface area contributed by atoms with Crippen LogP contribution in [0.3, 0.4) is 0 Å². The molecular weight excluding hydrogens is 296 g/mol. The first-order valence-electron chi connectivity index (χ1n) is 5.39. The largest absolute Gasteiger partial charge is 0.347 e. The van der Waals surface area contributed by atoms with E-state index in [2.05, 4.69) is 20.9 Å². The van der Waals surface area contributed by atoms with Crippen molar-refractivity contribution in [3.63, 3.8) is 0 Å². The molecule has 1 aromatic heterocycles. The van der Waals surface area contributed by atoms with Crippen LogP contribution in [-0.2, 0) is 6.54 Å². The number of Topliss-reactive ketones (excluding diaryl/α,β-unsaturated/α-hetero) is 1. The standard InChI is InChI=1S/C13H11BrN2O2/c1-9-6-15-13(18)16(7-9)8-12(17)10-4-2-3-5-11(10)14/h2-7H,8H2,1H3. The van der Waals surface area contributed by atoms with Gasteiger partial charge in [-0.25, -0.2) is 9.78 Å². The highest BCUT2D eigenvalue weighted by Gasteiger charge is 2.11. The molecule has 0 aliphatic heterocycles. The minimum Gasteiger partial charge on any atom is -0.292 e. The molecule has 0 atom stereocenters. The van der Waals surface area contributed by atoms with E-state index in [1.54, 1.807) is 24.4 Å². The van der Waals surface area contributed by atoms with Crippen molar-refractivity contribution in [1.29, 1.82) is 0 Å². The zero-order valence-corrected chi connectivity index (χ0v) is 11.3. The van der Waals surface area contributed by atoms with Crippen LogP contribution in [0.2, 0.25) is 0 Å². The van der Waals surface area contributed by atoms with Gasteiger partial charge in [0.2, 0.25) is 0 Å². The van der Waals surface area contributed by atoms with Gasteiger partial charge in [0.25, 0.3) is 0 Å². The summed E-state index contributed by atoms with van der Waals surface area (Å²) in [6.07, 6.45) is 3.12. The summed E-state index contributed by atoms with van der Waals surface area (Å²) in [7, 11) is 0. The molecule has 0 radical (unpaired) electrons. The topological polar surface area (TPSA) is 52.0 Å². The van der Waals surface area contributed by atoms with E-state index in [-0.39, 0.29) is 12.3 Å². The van der Waals surface area contributed by atoms with Gasteiger partial charge in [0.1, 0.15) is 0 Å². The highest BCUT2D eigenvalue weighted by atomic mass is 79.9. The lowest BCUT2D eigenvalue weighted by molar-refractivity contribution is 0.0969. The zero-order chi connectivity index (χ0) is 13.1. The summed E-state index contributed by atoms with van der Waals surface area (Å²) < 4.78 is 2.04.